The molecule has 3 aromatic rings. The SMILES string of the molecule is CCc1noc(-c2cccc(NC(=O)NCc3cncn3CC(C)C)c2)n1. The van der Waals surface area contributed by atoms with E-state index in [1.54, 1.807) is 18.6 Å². The lowest BCUT2D eigenvalue weighted by Crippen LogP contribution is -2.29. The quantitative estimate of drug-likeness (QED) is 0.665. The molecular formula is C19H24N6O2. The Morgan fingerprint density at radius 3 is 2.93 bits per heavy atom. The maximum atomic E-state index is 12.2. The molecule has 8 nitrogen and oxygen atoms in total. The minimum absolute atomic E-state index is 0.288. The van der Waals surface area contributed by atoms with Crippen LogP contribution < -0.4 is 10.6 Å². The van der Waals surface area contributed by atoms with Crippen molar-refractivity contribution in [2.45, 2.75) is 40.3 Å². The van der Waals surface area contributed by atoms with Crippen LogP contribution in [0.5, 0.6) is 0 Å². The number of carbonyl (C=O) groups excluding carboxylic acids is 1. The molecule has 0 aliphatic heterocycles. The second kappa shape index (κ2) is 8.48. The number of imidazole rings is 1. The van der Waals surface area contributed by atoms with Crippen LogP contribution in [0.3, 0.4) is 0 Å². The number of aromatic nitrogens is 4. The number of benzene rings is 1. The molecule has 2 N–H and O–H groups in total. The highest BCUT2D eigenvalue weighted by atomic mass is 16.5. The molecule has 1 aromatic carbocycles. The van der Waals surface area contributed by atoms with E-state index in [4.69, 9.17) is 4.52 Å². The van der Waals surface area contributed by atoms with Crippen LogP contribution >= 0.6 is 0 Å². The summed E-state index contributed by atoms with van der Waals surface area (Å²) in [6, 6.07) is 7.02. The van der Waals surface area contributed by atoms with Crippen molar-refractivity contribution in [3.63, 3.8) is 0 Å². The molecule has 0 atom stereocenters. The Morgan fingerprint density at radius 2 is 2.19 bits per heavy atom. The van der Waals surface area contributed by atoms with E-state index in [2.05, 4.69) is 39.6 Å². The number of carbonyl (C=O) groups is 1. The normalized spacial score (nSPS) is 11.0. The van der Waals surface area contributed by atoms with Gasteiger partial charge in [0.1, 0.15) is 0 Å². The summed E-state index contributed by atoms with van der Waals surface area (Å²) in [5, 5.41) is 9.58. The van der Waals surface area contributed by atoms with Gasteiger partial charge in [0.05, 0.1) is 18.6 Å². The molecule has 2 amide bonds. The fourth-order valence-electron chi connectivity index (χ4n) is 2.64. The molecule has 8 heteroatoms. The first kappa shape index (κ1) is 18.6. The van der Waals surface area contributed by atoms with Crippen LogP contribution in [0, 0.1) is 5.92 Å². The van der Waals surface area contributed by atoms with Gasteiger partial charge in [0.25, 0.3) is 5.89 Å². The molecule has 0 saturated heterocycles. The molecule has 2 aromatic heterocycles. The number of urea groups is 1. The molecule has 0 aliphatic rings. The summed E-state index contributed by atoms with van der Waals surface area (Å²) in [4.78, 5) is 20.7. The molecule has 142 valence electrons. The van der Waals surface area contributed by atoms with Crippen LogP contribution in [0.1, 0.15) is 32.3 Å². The molecule has 0 radical (unpaired) electrons. The third-order valence-corrected chi connectivity index (χ3v) is 3.94. The first-order chi connectivity index (χ1) is 13.0. The Hall–Kier alpha value is -3.16. The Balaban J connectivity index is 1.60. The van der Waals surface area contributed by atoms with E-state index in [9.17, 15) is 4.79 Å². The number of nitrogens with one attached hydrogen (secondary N) is 2. The Kier molecular flexibility index (Phi) is 5.85. The lowest BCUT2D eigenvalue weighted by molar-refractivity contribution is 0.251. The largest absolute Gasteiger partial charge is 0.334 e. The zero-order valence-corrected chi connectivity index (χ0v) is 15.8. The first-order valence-corrected chi connectivity index (χ1v) is 9.02. The van der Waals surface area contributed by atoms with Gasteiger partial charge in [0.15, 0.2) is 5.82 Å². The average molecular weight is 368 g/mol. The Labute approximate surface area is 158 Å². The summed E-state index contributed by atoms with van der Waals surface area (Å²) in [6.45, 7) is 7.52. The number of aryl methyl sites for hydroxylation is 1. The highest BCUT2D eigenvalue weighted by Crippen LogP contribution is 2.21. The first-order valence-electron chi connectivity index (χ1n) is 9.02. The maximum absolute atomic E-state index is 12.2. The van der Waals surface area contributed by atoms with Gasteiger partial charge in [0, 0.05) is 30.4 Å². The van der Waals surface area contributed by atoms with Crippen molar-refractivity contribution in [3.05, 3.63) is 48.3 Å². The van der Waals surface area contributed by atoms with Crippen molar-refractivity contribution >= 4 is 11.7 Å². The van der Waals surface area contributed by atoms with Crippen molar-refractivity contribution in [3.8, 4) is 11.5 Å². The van der Waals surface area contributed by atoms with Gasteiger partial charge in [-0.2, -0.15) is 4.98 Å². The van der Waals surface area contributed by atoms with Crippen LogP contribution in [0.4, 0.5) is 10.5 Å². The zero-order valence-electron chi connectivity index (χ0n) is 15.8. The van der Waals surface area contributed by atoms with Crippen LogP contribution in [-0.2, 0) is 19.5 Å². The molecule has 0 bridgehead atoms. The van der Waals surface area contributed by atoms with E-state index >= 15 is 0 Å². The monoisotopic (exact) mass is 368 g/mol. The molecule has 0 saturated carbocycles. The Bertz CT molecular complexity index is 899. The fourth-order valence-corrected chi connectivity index (χ4v) is 2.64. The Morgan fingerprint density at radius 1 is 1.33 bits per heavy atom. The summed E-state index contributed by atoms with van der Waals surface area (Å²) in [5.74, 6) is 1.60. The van der Waals surface area contributed by atoms with Crippen LogP contribution in [-0.4, -0.2) is 25.7 Å². The molecule has 0 spiro atoms. The van der Waals surface area contributed by atoms with E-state index in [1.165, 1.54) is 0 Å². The summed E-state index contributed by atoms with van der Waals surface area (Å²) in [7, 11) is 0. The predicted octanol–water partition coefficient (Wildman–Crippen LogP) is 3.47. The molecule has 27 heavy (non-hydrogen) atoms. The lowest BCUT2D eigenvalue weighted by Gasteiger charge is -2.12. The van der Waals surface area contributed by atoms with Crippen molar-refractivity contribution < 1.29 is 9.32 Å². The van der Waals surface area contributed by atoms with E-state index in [-0.39, 0.29) is 6.03 Å². The maximum Gasteiger partial charge on any atom is 0.319 e. The van der Waals surface area contributed by atoms with Crippen LogP contribution in [0.25, 0.3) is 11.5 Å². The van der Waals surface area contributed by atoms with Gasteiger partial charge < -0.3 is 19.7 Å². The number of amides is 2. The second-order valence-electron chi connectivity index (χ2n) is 6.69. The van der Waals surface area contributed by atoms with Crippen molar-refractivity contribution in [2.75, 3.05) is 5.32 Å². The zero-order chi connectivity index (χ0) is 19.2. The number of rotatable bonds is 7. The number of hydrogen-bond donors (Lipinski definition) is 2. The molecule has 2 heterocycles. The third-order valence-electron chi connectivity index (χ3n) is 3.94. The van der Waals surface area contributed by atoms with Crippen LogP contribution in [0.2, 0.25) is 0 Å². The smallest absolute Gasteiger partial charge is 0.319 e. The second-order valence-corrected chi connectivity index (χ2v) is 6.69. The standard InChI is InChI=1S/C19H24N6O2/c1-4-17-23-18(27-24-17)14-6-5-7-15(8-14)22-19(26)21-10-16-9-20-12-25(16)11-13(2)3/h5-9,12-13H,4,10-11H2,1-3H3,(H2,21,22,26). The average Bonchev–Trinajstić information content (AvgIpc) is 3.29. The third kappa shape index (κ3) is 4.93. The molecule has 0 fully saturated rings. The fraction of sp³-hybridized carbons (Fsp3) is 0.368. The van der Waals surface area contributed by atoms with Gasteiger partial charge in [0.2, 0.25) is 0 Å². The minimum atomic E-state index is -0.288. The lowest BCUT2D eigenvalue weighted by atomic mass is 10.2. The molecule has 0 aliphatic carbocycles. The topological polar surface area (TPSA) is 97.9 Å². The number of hydrogen-bond acceptors (Lipinski definition) is 5. The summed E-state index contributed by atoms with van der Waals surface area (Å²) in [5.41, 5.74) is 2.37. The van der Waals surface area contributed by atoms with Crippen molar-refractivity contribution in [2.24, 2.45) is 5.92 Å². The molecule has 3 rings (SSSR count). The van der Waals surface area contributed by atoms with Gasteiger partial charge in [-0.1, -0.05) is 32.0 Å². The molecular weight excluding hydrogens is 344 g/mol. The van der Waals surface area contributed by atoms with Gasteiger partial charge in [-0.25, -0.2) is 9.78 Å². The van der Waals surface area contributed by atoms with Gasteiger partial charge in [-0.15, -0.1) is 0 Å². The van der Waals surface area contributed by atoms with E-state index in [0.717, 1.165) is 17.8 Å². The number of nitrogens with zero attached hydrogens (tertiary/aromatic N) is 4. The minimum Gasteiger partial charge on any atom is -0.334 e. The van der Waals surface area contributed by atoms with E-state index < -0.39 is 0 Å². The van der Waals surface area contributed by atoms with Crippen LogP contribution in [0.15, 0.2) is 41.3 Å². The summed E-state index contributed by atoms with van der Waals surface area (Å²) >= 11 is 0. The van der Waals surface area contributed by atoms with Gasteiger partial charge >= 0.3 is 6.03 Å². The van der Waals surface area contributed by atoms with Gasteiger partial charge in [-0.3, -0.25) is 0 Å². The summed E-state index contributed by atoms with van der Waals surface area (Å²) < 4.78 is 7.29. The predicted molar refractivity (Wildman–Crippen MR) is 102 cm³/mol. The van der Waals surface area contributed by atoms with Gasteiger partial charge in [-0.05, 0) is 24.1 Å². The molecule has 0 unspecified atom stereocenters. The van der Waals surface area contributed by atoms with E-state index in [0.29, 0.717) is 36.3 Å². The number of anilines is 1. The highest BCUT2D eigenvalue weighted by molar-refractivity contribution is 5.89. The highest BCUT2D eigenvalue weighted by Gasteiger charge is 2.10. The van der Waals surface area contributed by atoms with Crippen molar-refractivity contribution in [1.82, 2.24) is 25.0 Å². The summed E-state index contributed by atoms with van der Waals surface area (Å²) in [6.07, 6.45) is 4.26. The van der Waals surface area contributed by atoms with Crippen molar-refractivity contribution in [1.29, 1.82) is 0 Å². The van der Waals surface area contributed by atoms with E-state index in [1.807, 2.05) is 29.7 Å².